The maximum atomic E-state index is 12.3. The van der Waals surface area contributed by atoms with E-state index in [9.17, 15) is 9.59 Å². The minimum absolute atomic E-state index is 0.0360. The Kier molecular flexibility index (Phi) is 5.16. The second kappa shape index (κ2) is 7.08. The highest BCUT2D eigenvalue weighted by Gasteiger charge is 2.27. The quantitative estimate of drug-likeness (QED) is 0.853. The van der Waals surface area contributed by atoms with E-state index < -0.39 is 6.09 Å². The van der Waals surface area contributed by atoms with Crippen LogP contribution in [0.2, 0.25) is 0 Å². The number of likely N-dealkylation sites (tertiary alicyclic amines) is 1. The molecule has 1 unspecified atom stereocenters. The van der Waals surface area contributed by atoms with Crippen molar-refractivity contribution in [2.24, 2.45) is 5.73 Å². The number of nitrogens with one attached hydrogen (secondary N) is 1. The number of amides is 2. The number of alkyl carbamates (subject to hydrolysis) is 1. The largest absolute Gasteiger partial charge is 0.453 e. The first-order valence-corrected chi connectivity index (χ1v) is 7.03. The summed E-state index contributed by atoms with van der Waals surface area (Å²) < 4.78 is 4.57. The Labute approximate surface area is 124 Å². The van der Waals surface area contributed by atoms with Crippen LogP contribution in [0.1, 0.15) is 17.5 Å². The summed E-state index contributed by atoms with van der Waals surface area (Å²) in [4.78, 5) is 25.3. The lowest BCUT2D eigenvalue weighted by Crippen LogP contribution is -2.38. The highest BCUT2D eigenvalue weighted by molar-refractivity contribution is 5.79. The predicted octanol–water partition coefficient (Wildman–Crippen LogP) is 0.645. The molecule has 0 saturated carbocycles. The van der Waals surface area contributed by atoms with E-state index in [0.717, 1.165) is 17.5 Å². The summed E-state index contributed by atoms with van der Waals surface area (Å²) in [5, 5.41) is 2.72. The summed E-state index contributed by atoms with van der Waals surface area (Å²) in [6.45, 7) is 1.60. The molecule has 0 aromatic heterocycles. The number of nitrogens with zero attached hydrogens (tertiary/aromatic N) is 1. The molecule has 1 aliphatic heterocycles. The van der Waals surface area contributed by atoms with Crippen molar-refractivity contribution in [3.05, 3.63) is 35.4 Å². The maximum Gasteiger partial charge on any atom is 0.407 e. The minimum Gasteiger partial charge on any atom is -0.453 e. The molecule has 114 valence electrons. The van der Waals surface area contributed by atoms with Crippen molar-refractivity contribution in [1.29, 1.82) is 0 Å². The average Bonchev–Trinajstić information content (AvgIpc) is 2.96. The first kappa shape index (κ1) is 15.3. The minimum atomic E-state index is -0.456. The summed E-state index contributed by atoms with van der Waals surface area (Å²) >= 11 is 0. The van der Waals surface area contributed by atoms with Crippen molar-refractivity contribution in [1.82, 2.24) is 10.2 Å². The van der Waals surface area contributed by atoms with Crippen LogP contribution in [-0.4, -0.2) is 43.1 Å². The number of carbonyl (C=O) groups is 2. The molecule has 6 heteroatoms. The zero-order valence-electron chi connectivity index (χ0n) is 12.2. The molecule has 1 fully saturated rings. The van der Waals surface area contributed by atoms with Crippen LogP contribution in [0.3, 0.4) is 0 Å². The molecule has 0 spiro atoms. The third-order valence-electron chi connectivity index (χ3n) is 3.73. The molecule has 1 atom stereocenters. The van der Waals surface area contributed by atoms with Crippen molar-refractivity contribution < 1.29 is 14.3 Å². The Morgan fingerprint density at radius 1 is 1.38 bits per heavy atom. The summed E-state index contributed by atoms with van der Waals surface area (Å²) in [7, 11) is 1.33. The van der Waals surface area contributed by atoms with Gasteiger partial charge in [0.25, 0.3) is 0 Å². The standard InChI is InChI=1S/C15H21N3O3/c1-21-15(20)17-13-6-7-18(10-13)14(19)8-11-4-2-3-5-12(11)9-16/h2-5,13H,6-10,16H2,1H3,(H,17,20). The molecule has 0 bridgehead atoms. The van der Waals surface area contributed by atoms with Gasteiger partial charge in [-0.3, -0.25) is 4.79 Å². The fourth-order valence-electron chi connectivity index (χ4n) is 2.53. The summed E-state index contributed by atoms with van der Waals surface area (Å²) in [6, 6.07) is 7.66. The summed E-state index contributed by atoms with van der Waals surface area (Å²) in [5.41, 5.74) is 7.65. The number of nitrogens with two attached hydrogens (primary N) is 1. The van der Waals surface area contributed by atoms with Gasteiger partial charge in [0.1, 0.15) is 0 Å². The van der Waals surface area contributed by atoms with Crippen LogP contribution < -0.4 is 11.1 Å². The van der Waals surface area contributed by atoms with E-state index in [0.29, 0.717) is 26.1 Å². The molecule has 0 radical (unpaired) electrons. The second-order valence-corrected chi connectivity index (χ2v) is 5.11. The lowest BCUT2D eigenvalue weighted by molar-refractivity contribution is -0.129. The Morgan fingerprint density at radius 3 is 2.76 bits per heavy atom. The highest BCUT2D eigenvalue weighted by Crippen LogP contribution is 2.14. The van der Waals surface area contributed by atoms with Crippen molar-refractivity contribution in [2.45, 2.75) is 25.4 Å². The van der Waals surface area contributed by atoms with E-state index in [1.165, 1.54) is 7.11 Å². The Hall–Kier alpha value is -2.08. The van der Waals surface area contributed by atoms with E-state index in [1.807, 2.05) is 24.3 Å². The van der Waals surface area contributed by atoms with Crippen LogP contribution in [0.25, 0.3) is 0 Å². The SMILES string of the molecule is COC(=O)NC1CCN(C(=O)Cc2ccccc2CN)C1. The maximum absolute atomic E-state index is 12.3. The summed E-state index contributed by atoms with van der Waals surface area (Å²) in [5.74, 6) is 0.0602. The van der Waals surface area contributed by atoms with E-state index in [-0.39, 0.29) is 11.9 Å². The van der Waals surface area contributed by atoms with Gasteiger partial charge in [0.15, 0.2) is 0 Å². The third kappa shape index (κ3) is 3.95. The van der Waals surface area contributed by atoms with Gasteiger partial charge in [-0.25, -0.2) is 4.79 Å². The van der Waals surface area contributed by atoms with Crippen molar-refractivity contribution in [2.75, 3.05) is 20.2 Å². The van der Waals surface area contributed by atoms with Gasteiger partial charge in [-0.2, -0.15) is 0 Å². The Balaban J connectivity index is 1.91. The number of benzene rings is 1. The first-order chi connectivity index (χ1) is 10.1. The summed E-state index contributed by atoms with van der Waals surface area (Å²) in [6.07, 6.45) is 0.639. The topological polar surface area (TPSA) is 84.7 Å². The fraction of sp³-hybridized carbons (Fsp3) is 0.467. The molecule has 1 aromatic rings. The van der Waals surface area contributed by atoms with Gasteiger partial charge < -0.3 is 20.7 Å². The highest BCUT2D eigenvalue weighted by atomic mass is 16.5. The van der Waals surface area contributed by atoms with E-state index >= 15 is 0 Å². The number of hydrogen-bond donors (Lipinski definition) is 2. The van der Waals surface area contributed by atoms with Crippen LogP contribution >= 0.6 is 0 Å². The van der Waals surface area contributed by atoms with Crippen LogP contribution in [0.15, 0.2) is 24.3 Å². The zero-order valence-corrected chi connectivity index (χ0v) is 12.2. The average molecular weight is 291 g/mol. The number of methoxy groups -OCH3 is 1. The molecule has 2 amide bonds. The van der Waals surface area contributed by atoms with Gasteiger partial charge in [-0.05, 0) is 17.5 Å². The molecule has 1 aliphatic rings. The van der Waals surface area contributed by atoms with Crippen molar-refractivity contribution in [3.8, 4) is 0 Å². The smallest absolute Gasteiger partial charge is 0.407 e. The third-order valence-corrected chi connectivity index (χ3v) is 3.73. The number of ether oxygens (including phenoxy) is 1. The first-order valence-electron chi connectivity index (χ1n) is 7.03. The number of carbonyl (C=O) groups excluding carboxylic acids is 2. The molecule has 1 saturated heterocycles. The van der Waals surface area contributed by atoms with Gasteiger partial charge in [0, 0.05) is 19.6 Å². The zero-order chi connectivity index (χ0) is 15.2. The lowest BCUT2D eigenvalue weighted by Gasteiger charge is -2.17. The van der Waals surface area contributed by atoms with Gasteiger partial charge >= 0.3 is 6.09 Å². The van der Waals surface area contributed by atoms with Gasteiger partial charge in [0.2, 0.25) is 5.91 Å². The van der Waals surface area contributed by atoms with E-state index in [2.05, 4.69) is 10.1 Å². The second-order valence-electron chi connectivity index (χ2n) is 5.11. The molecule has 21 heavy (non-hydrogen) atoms. The molecular formula is C15H21N3O3. The van der Waals surface area contributed by atoms with Crippen molar-refractivity contribution in [3.63, 3.8) is 0 Å². The molecule has 6 nitrogen and oxygen atoms in total. The molecule has 1 heterocycles. The fourth-order valence-corrected chi connectivity index (χ4v) is 2.53. The Bertz CT molecular complexity index is 519. The number of hydrogen-bond acceptors (Lipinski definition) is 4. The lowest BCUT2D eigenvalue weighted by atomic mass is 10.0. The van der Waals surface area contributed by atoms with Crippen LogP contribution in [0, 0.1) is 0 Å². The molecule has 3 N–H and O–H groups in total. The van der Waals surface area contributed by atoms with E-state index in [1.54, 1.807) is 4.90 Å². The van der Waals surface area contributed by atoms with Crippen LogP contribution in [-0.2, 0) is 22.5 Å². The normalized spacial score (nSPS) is 17.6. The van der Waals surface area contributed by atoms with Gasteiger partial charge in [0.05, 0.1) is 19.6 Å². The van der Waals surface area contributed by atoms with Crippen LogP contribution in [0.5, 0.6) is 0 Å². The predicted molar refractivity (Wildman–Crippen MR) is 78.6 cm³/mol. The van der Waals surface area contributed by atoms with Crippen molar-refractivity contribution >= 4 is 12.0 Å². The molecule has 2 rings (SSSR count). The van der Waals surface area contributed by atoms with Crippen LogP contribution in [0.4, 0.5) is 4.79 Å². The molecule has 0 aliphatic carbocycles. The van der Waals surface area contributed by atoms with Gasteiger partial charge in [-0.1, -0.05) is 24.3 Å². The molecule has 1 aromatic carbocycles. The van der Waals surface area contributed by atoms with Gasteiger partial charge in [-0.15, -0.1) is 0 Å². The molecular weight excluding hydrogens is 270 g/mol. The van der Waals surface area contributed by atoms with E-state index in [4.69, 9.17) is 5.73 Å². The monoisotopic (exact) mass is 291 g/mol. The number of rotatable bonds is 4. The Morgan fingerprint density at radius 2 is 2.10 bits per heavy atom.